The average Bonchev–Trinajstić information content (AvgIpc) is 2.98. The van der Waals surface area contributed by atoms with Crippen LogP contribution in [-0.4, -0.2) is 59.3 Å². The number of carbonyl (C=O) groups excluding carboxylic acids is 2. The Kier molecular flexibility index (Phi) is 4.51. The first-order chi connectivity index (χ1) is 9.18. The minimum absolute atomic E-state index is 0.0183. The predicted octanol–water partition coefficient (Wildman–Crippen LogP) is -0.581. The Hall–Kier alpha value is -1.89. The SMILES string of the molecule is CC(C(=O)NCC(=O)N1CCOCC1)n1cccn1. The molecular weight excluding hydrogens is 248 g/mol. The fraction of sp³-hybridized carbons (Fsp3) is 0.583. The van der Waals surface area contributed by atoms with Crippen molar-refractivity contribution in [2.45, 2.75) is 13.0 Å². The molecule has 7 nitrogen and oxygen atoms in total. The van der Waals surface area contributed by atoms with Crippen molar-refractivity contribution >= 4 is 11.8 Å². The first-order valence-corrected chi connectivity index (χ1v) is 6.31. The second kappa shape index (κ2) is 6.33. The predicted molar refractivity (Wildman–Crippen MR) is 67.3 cm³/mol. The second-order valence-electron chi connectivity index (χ2n) is 4.37. The fourth-order valence-corrected chi connectivity index (χ4v) is 1.86. The van der Waals surface area contributed by atoms with Gasteiger partial charge in [-0.05, 0) is 13.0 Å². The van der Waals surface area contributed by atoms with Crippen molar-refractivity contribution in [3.63, 3.8) is 0 Å². The van der Waals surface area contributed by atoms with Crippen molar-refractivity contribution in [1.82, 2.24) is 20.0 Å². The molecule has 1 fully saturated rings. The third-order valence-electron chi connectivity index (χ3n) is 3.08. The summed E-state index contributed by atoms with van der Waals surface area (Å²) >= 11 is 0. The van der Waals surface area contributed by atoms with Gasteiger partial charge < -0.3 is 15.0 Å². The van der Waals surface area contributed by atoms with E-state index in [0.717, 1.165) is 0 Å². The van der Waals surface area contributed by atoms with Gasteiger partial charge in [0, 0.05) is 25.5 Å². The van der Waals surface area contributed by atoms with E-state index in [1.807, 2.05) is 0 Å². The Morgan fingerprint density at radius 2 is 2.16 bits per heavy atom. The van der Waals surface area contributed by atoms with Gasteiger partial charge in [0.15, 0.2) is 0 Å². The minimum Gasteiger partial charge on any atom is -0.378 e. The second-order valence-corrected chi connectivity index (χ2v) is 4.37. The van der Waals surface area contributed by atoms with Crippen molar-refractivity contribution < 1.29 is 14.3 Å². The van der Waals surface area contributed by atoms with Gasteiger partial charge in [-0.2, -0.15) is 5.10 Å². The number of ether oxygens (including phenoxy) is 1. The van der Waals surface area contributed by atoms with E-state index in [-0.39, 0.29) is 18.4 Å². The summed E-state index contributed by atoms with van der Waals surface area (Å²) in [5.74, 6) is -0.297. The highest BCUT2D eigenvalue weighted by molar-refractivity contribution is 5.86. The van der Waals surface area contributed by atoms with Gasteiger partial charge in [-0.1, -0.05) is 0 Å². The minimum atomic E-state index is -0.424. The standard InChI is InChI=1S/C12H18N4O3/c1-10(16-4-2-3-14-16)12(18)13-9-11(17)15-5-7-19-8-6-15/h2-4,10H,5-9H2,1H3,(H,13,18). The molecule has 1 aliphatic rings. The van der Waals surface area contributed by atoms with Crippen molar-refractivity contribution in [2.75, 3.05) is 32.8 Å². The van der Waals surface area contributed by atoms with E-state index in [1.165, 1.54) is 0 Å². The lowest BCUT2D eigenvalue weighted by Gasteiger charge is -2.27. The molecule has 104 valence electrons. The van der Waals surface area contributed by atoms with Gasteiger partial charge in [0.1, 0.15) is 6.04 Å². The molecule has 1 atom stereocenters. The molecule has 2 amide bonds. The lowest BCUT2D eigenvalue weighted by atomic mass is 10.3. The zero-order chi connectivity index (χ0) is 13.7. The zero-order valence-corrected chi connectivity index (χ0v) is 10.9. The van der Waals surface area contributed by atoms with Crippen LogP contribution < -0.4 is 5.32 Å². The first-order valence-electron chi connectivity index (χ1n) is 6.31. The van der Waals surface area contributed by atoms with E-state index >= 15 is 0 Å². The Morgan fingerprint density at radius 3 is 2.79 bits per heavy atom. The smallest absolute Gasteiger partial charge is 0.245 e. The maximum atomic E-state index is 11.9. The molecule has 19 heavy (non-hydrogen) atoms. The molecule has 0 spiro atoms. The van der Waals surface area contributed by atoms with Gasteiger partial charge in [0.2, 0.25) is 11.8 Å². The molecular formula is C12H18N4O3. The van der Waals surface area contributed by atoms with E-state index in [9.17, 15) is 9.59 Å². The van der Waals surface area contributed by atoms with Gasteiger partial charge in [0.05, 0.1) is 19.8 Å². The van der Waals surface area contributed by atoms with Gasteiger partial charge >= 0.3 is 0 Å². The van der Waals surface area contributed by atoms with Crippen LogP contribution in [0.1, 0.15) is 13.0 Å². The van der Waals surface area contributed by atoms with E-state index in [0.29, 0.717) is 26.3 Å². The molecule has 0 aliphatic carbocycles. The van der Waals surface area contributed by atoms with Crippen molar-refractivity contribution in [3.05, 3.63) is 18.5 Å². The average molecular weight is 266 g/mol. The highest BCUT2D eigenvalue weighted by Crippen LogP contribution is 2.03. The largest absolute Gasteiger partial charge is 0.378 e. The molecule has 0 radical (unpaired) electrons. The van der Waals surface area contributed by atoms with Crippen LogP contribution in [0.3, 0.4) is 0 Å². The Labute approximate surface area is 111 Å². The van der Waals surface area contributed by atoms with Gasteiger partial charge in [-0.25, -0.2) is 0 Å². The van der Waals surface area contributed by atoms with Crippen molar-refractivity contribution in [2.24, 2.45) is 0 Å². The molecule has 2 heterocycles. The van der Waals surface area contributed by atoms with Crippen LogP contribution in [0.4, 0.5) is 0 Å². The third kappa shape index (κ3) is 3.54. The molecule has 7 heteroatoms. The Morgan fingerprint density at radius 1 is 1.42 bits per heavy atom. The first kappa shape index (κ1) is 13.5. The number of aromatic nitrogens is 2. The van der Waals surface area contributed by atoms with Crippen LogP contribution >= 0.6 is 0 Å². The lowest BCUT2D eigenvalue weighted by molar-refractivity contribution is -0.136. The molecule has 0 aromatic carbocycles. The summed E-state index contributed by atoms with van der Waals surface area (Å²) in [6.07, 6.45) is 3.33. The van der Waals surface area contributed by atoms with Crippen LogP contribution in [0, 0.1) is 0 Å². The van der Waals surface area contributed by atoms with E-state index < -0.39 is 6.04 Å². The molecule has 1 aliphatic heterocycles. The number of rotatable bonds is 4. The Balaban J connectivity index is 1.78. The number of hydrogen-bond donors (Lipinski definition) is 1. The van der Waals surface area contributed by atoms with E-state index in [1.54, 1.807) is 35.0 Å². The summed E-state index contributed by atoms with van der Waals surface area (Å²) in [7, 11) is 0. The number of morpholine rings is 1. The number of hydrogen-bond acceptors (Lipinski definition) is 4. The third-order valence-corrected chi connectivity index (χ3v) is 3.08. The summed E-state index contributed by atoms with van der Waals surface area (Å²) in [6, 6.07) is 1.33. The molecule has 1 aromatic heterocycles. The highest BCUT2D eigenvalue weighted by atomic mass is 16.5. The van der Waals surface area contributed by atoms with E-state index in [4.69, 9.17) is 4.74 Å². The van der Waals surface area contributed by atoms with E-state index in [2.05, 4.69) is 10.4 Å². The summed E-state index contributed by atoms with van der Waals surface area (Å²) < 4.78 is 6.72. The monoisotopic (exact) mass is 266 g/mol. The number of nitrogens with one attached hydrogen (secondary N) is 1. The van der Waals surface area contributed by atoms with Gasteiger partial charge in [-0.3, -0.25) is 14.3 Å². The quantitative estimate of drug-likeness (QED) is 0.791. The van der Waals surface area contributed by atoms with Crippen LogP contribution in [-0.2, 0) is 14.3 Å². The van der Waals surface area contributed by atoms with Crippen LogP contribution in [0.5, 0.6) is 0 Å². The van der Waals surface area contributed by atoms with Crippen molar-refractivity contribution in [3.8, 4) is 0 Å². The molecule has 0 bridgehead atoms. The fourth-order valence-electron chi connectivity index (χ4n) is 1.86. The molecule has 1 N–H and O–H groups in total. The zero-order valence-electron chi connectivity index (χ0n) is 10.9. The summed E-state index contributed by atoms with van der Waals surface area (Å²) in [6.45, 7) is 4.05. The van der Waals surface area contributed by atoms with Crippen LogP contribution in [0.15, 0.2) is 18.5 Å². The molecule has 2 rings (SSSR count). The molecule has 1 saturated heterocycles. The number of nitrogens with zero attached hydrogens (tertiary/aromatic N) is 3. The summed E-state index contributed by atoms with van der Waals surface area (Å²) in [5, 5.41) is 6.63. The molecule has 0 saturated carbocycles. The topological polar surface area (TPSA) is 76.5 Å². The summed E-state index contributed by atoms with van der Waals surface area (Å²) in [4.78, 5) is 25.4. The van der Waals surface area contributed by atoms with Crippen LogP contribution in [0.2, 0.25) is 0 Å². The molecule has 1 aromatic rings. The summed E-state index contributed by atoms with van der Waals surface area (Å²) in [5.41, 5.74) is 0. The maximum Gasteiger partial charge on any atom is 0.245 e. The van der Waals surface area contributed by atoms with Crippen molar-refractivity contribution in [1.29, 1.82) is 0 Å². The van der Waals surface area contributed by atoms with Gasteiger partial charge in [-0.15, -0.1) is 0 Å². The lowest BCUT2D eigenvalue weighted by Crippen LogP contribution is -2.46. The molecule has 1 unspecified atom stereocenters. The van der Waals surface area contributed by atoms with Crippen LogP contribution in [0.25, 0.3) is 0 Å². The van der Waals surface area contributed by atoms with Gasteiger partial charge in [0.25, 0.3) is 0 Å². The normalized spacial score (nSPS) is 17.0. The Bertz CT molecular complexity index is 426. The maximum absolute atomic E-state index is 11.9. The highest BCUT2D eigenvalue weighted by Gasteiger charge is 2.19. The number of carbonyl (C=O) groups is 2. The number of amides is 2.